The average Bonchev–Trinajstić information content (AvgIpc) is 2.29. The van der Waals surface area contributed by atoms with Crippen molar-refractivity contribution in [1.29, 1.82) is 5.26 Å². The number of nitro benzene ring substituents is 1. The number of likely N-dealkylation sites (N-methyl/N-ethyl adjacent to an activating group) is 1. The summed E-state index contributed by atoms with van der Waals surface area (Å²) in [7, 11) is 1.75. The molecule has 0 radical (unpaired) electrons. The fourth-order valence-electron chi connectivity index (χ4n) is 1.77. The SMILES string of the molecule is CN1c2cccc([N+](=O)[O-])c2C=CC1C#N. The third-order valence-corrected chi connectivity index (χ3v) is 2.63. The van der Waals surface area contributed by atoms with E-state index in [1.807, 2.05) is 0 Å². The molecule has 2 rings (SSSR count). The summed E-state index contributed by atoms with van der Waals surface area (Å²) < 4.78 is 0. The maximum atomic E-state index is 10.8. The fourth-order valence-corrected chi connectivity index (χ4v) is 1.77. The van der Waals surface area contributed by atoms with Gasteiger partial charge in [0.05, 0.1) is 22.2 Å². The van der Waals surface area contributed by atoms with Crippen LogP contribution in [0.1, 0.15) is 5.56 Å². The first kappa shape index (κ1) is 10.2. The zero-order chi connectivity index (χ0) is 11.7. The molecule has 1 unspecified atom stereocenters. The number of nitro groups is 1. The van der Waals surface area contributed by atoms with E-state index in [1.165, 1.54) is 6.07 Å². The summed E-state index contributed by atoms with van der Waals surface area (Å²) in [4.78, 5) is 12.1. The fraction of sp³-hybridized carbons (Fsp3) is 0.182. The topological polar surface area (TPSA) is 70.2 Å². The third kappa shape index (κ3) is 1.41. The van der Waals surface area contributed by atoms with Gasteiger partial charge in [-0.3, -0.25) is 10.1 Å². The van der Waals surface area contributed by atoms with E-state index in [2.05, 4.69) is 6.07 Å². The van der Waals surface area contributed by atoms with Gasteiger partial charge in [0.2, 0.25) is 0 Å². The van der Waals surface area contributed by atoms with Crippen molar-refractivity contribution >= 4 is 17.5 Å². The smallest absolute Gasteiger partial charge is 0.278 e. The minimum atomic E-state index is -0.413. The molecule has 1 aromatic rings. The number of fused-ring (bicyclic) bond motifs is 1. The van der Waals surface area contributed by atoms with Crippen molar-refractivity contribution in [2.24, 2.45) is 0 Å². The third-order valence-electron chi connectivity index (χ3n) is 2.63. The Morgan fingerprint density at radius 2 is 2.31 bits per heavy atom. The van der Waals surface area contributed by atoms with Crippen LogP contribution in [0, 0.1) is 21.4 Å². The lowest BCUT2D eigenvalue weighted by atomic mass is 10.0. The lowest BCUT2D eigenvalue weighted by Gasteiger charge is -2.27. The predicted octanol–water partition coefficient (Wildman–Crippen LogP) is 1.95. The molecule has 0 saturated carbocycles. The highest BCUT2D eigenvalue weighted by Gasteiger charge is 2.24. The first-order chi connectivity index (χ1) is 7.65. The van der Waals surface area contributed by atoms with Gasteiger partial charge in [-0.25, -0.2) is 0 Å². The highest BCUT2D eigenvalue weighted by Crippen LogP contribution is 2.33. The summed E-state index contributed by atoms with van der Waals surface area (Å²) in [6.45, 7) is 0. The van der Waals surface area contributed by atoms with E-state index in [0.717, 1.165) is 0 Å². The van der Waals surface area contributed by atoms with Crippen LogP contribution in [-0.4, -0.2) is 18.0 Å². The Morgan fingerprint density at radius 1 is 1.56 bits per heavy atom. The second kappa shape index (κ2) is 3.66. The molecule has 0 fully saturated rings. The number of rotatable bonds is 1. The maximum absolute atomic E-state index is 10.8. The van der Waals surface area contributed by atoms with E-state index in [9.17, 15) is 10.1 Å². The van der Waals surface area contributed by atoms with Gasteiger partial charge in [0.25, 0.3) is 5.69 Å². The highest BCUT2D eigenvalue weighted by atomic mass is 16.6. The van der Waals surface area contributed by atoms with Crippen LogP contribution in [-0.2, 0) is 0 Å². The average molecular weight is 215 g/mol. The van der Waals surface area contributed by atoms with E-state index in [-0.39, 0.29) is 11.7 Å². The molecule has 0 saturated heterocycles. The maximum Gasteiger partial charge on any atom is 0.278 e. The summed E-state index contributed by atoms with van der Waals surface area (Å²) in [6.07, 6.45) is 3.30. The zero-order valence-corrected chi connectivity index (χ0v) is 8.62. The lowest BCUT2D eigenvalue weighted by Crippen LogP contribution is -2.31. The molecule has 0 aliphatic carbocycles. The van der Waals surface area contributed by atoms with Crippen LogP contribution in [0.15, 0.2) is 24.3 Å². The van der Waals surface area contributed by atoms with E-state index >= 15 is 0 Å². The molecule has 0 bridgehead atoms. The molecular formula is C11H9N3O2. The normalized spacial score (nSPS) is 17.8. The van der Waals surface area contributed by atoms with Crippen LogP contribution < -0.4 is 4.90 Å². The van der Waals surface area contributed by atoms with Crippen LogP contribution in [0.2, 0.25) is 0 Å². The molecule has 0 N–H and O–H groups in total. The summed E-state index contributed by atoms with van der Waals surface area (Å²) in [5.74, 6) is 0. The second-order valence-electron chi connectivity index (χ2n) is 3.51. The first-order valence-corrected chi connectivity index (χ1v) is 4.73. The van der Waals surface area contributed by atoms with Crippen molar-refractivity contribution in [3.8, 4) is 6.07 Å². The highest BCUT2D eigenvalue weighted by molar-refractivity contribution is 5.79. The van der Waals surface area contributed by atoms with Gasteiger partial charge < -0.3 is 4.90 Å². The Balaban J connectivity index is 2.60. The van der Waals surface area contributed by atoms with Crippen molar-refractivity contribution in [2.75, 3.05) is 11.9 Å². The Hall–Kier alpha value is -2.35. The molecule has 5 heteroatoms. The number of nitriles is 1. The zero-order valence-electron chi connectivity index (χ0n) is 8.62. The molecule has 0 aromatic heterocycles. The van der Waals surface area contributed by atoms with Crippen LogP contribution >= 0.6 is 0 Å². The van der Waals surface area contributed by atoms with E-state index < -0.39 is 4.92 Å². The summed E-state index contributed by atoms with van der Waals surface area (Å²) in [5, 5.41) is 19.7. The van der Waals surface area contributed by atoms with Gasteiger partial charge in [0.1, 0.15) is 6.04 Å². The number of hydrogen-bond acceptors (Lipinski definition) is 4. The van der Waals surface area contributed by atoms with Gasteiger partial charge >= 0.3 is 0 Å². The molecule has 1 aromatic carbocycles. The van der Waals surface area contributed by atoms with E-state index in [4.69, 9.17) is 5.26 Å². The molecule has 0 amide bonds. The molecule has 80 valence electrons. The van der Waals surface area contributed by atoms with E-state index in [1.54, 1.807) is 36.2 Å². The predicted molar refractivity (Wildman–Crippen MR) is 59.9 cm³/mol. The molecule has 1 heterocycles. The van der Waals surface area contributed by atoms with Crippen molar-refractivity contribution in [3.63, 3.8) is 0 Å². The second-order valence-corrected chi connectivity index (χ2v) is 3.51. The van der Waals surface area contributed by atoms with Crippen LogP contribution in [0.5, 0.6) is 0 Å². The number of benzene rings is 1. The number of hydrogen-bond donors (Lipinski definition) is 0. The largest absolute Gasteiger partial charge is 0.355 e. The van der Waals surface area contributed by atoms with Gasteiger partial charge in [-0.2, -0.15) is 5.26 Å². The van der Waals surface area contributed by atoms with Gasteiger partial charge in [0.15, 0.2) is 0 Å². The minimum Gasteiger partial charge on any atom is -0.355 e. The molecule has 5 nitrogen and oxygen atoms in total. The van der Waals surface area contributed by atoms with Crippen molar-refractivity contribution in [3.05, 3.63) is 40.0 Å². The first-order valence-electron chi connectivity index (χ1n) is 4.73. The van der Waals surface area contributed by atoms with Crippen molar-refractivity contribution < 1.29 is 4.92 Å². The molecule has 1 atom stereocenters. The van der Waals surface area contributed by atoms with Crippen LogP contribution in [0.3, 0.4) is 0 Å². The molecule has 16 heavy (non-hydrogen) atoms. The monoisotopic (exact) mass is 215 g/mol. The summed E-state index contributed by atoms with van der Waals surface area (Å²) >= 11 is 0. The molecule has 1 aliphatic heterocycles. The molecule has 1 aliphatic rings. The summed E-state index contributed by atoms with van der Waals surface area (Å²) in [5.41, 5.74) is 1.33. The van der Waals surface area contributed by atoms with Gasteiger partial charge in [-0.1, -0.05) is 6.07 Å². The Kier molecular flexibility index (Phi) is 2.33. The molecule has 0 spiro atoms. The van der Waals surface area contributed by atoms with Gasteiger partial charge in [-0.05, 0) is 18.2 Å². The van der Waals surface area contributed by atoms with E-state index in [0.29, 0.717) is 11.3 Å². The van der Waals surface area contributed by atoms with Crippen molar-refractivity contribution in [2.45, 2.75) is 6.04 Å². The number of nitrogens with zero attached hydrogens (tertiary/aromatic N) is 3. The molecular weight excluding hydrogens is 206 g/mol. The summed E-state index contributed by atoms with van der Waals surface area (Å²) in [6, 6.07) is 6.61. The van der Waals surface area contributed by atoms with Gasteiger partial charge in [-0.15, -0.1) is 0 Å². The standard InChI is InChI=1S/C11H9N3O2/c1-13-8(7-12)5-6-9-10(13)3-2-4-11(9)14(15)16/h2-6,8H,1H3. The van der Waals surface area contributed by atoms with Crippen LogP contribution in [0.4, 0.5) is 11.4 Å². The van der Waals surface area contributed by atoms with Crippen LogP contribution in [0.25, 0.3) is 6.08 Å². The Labute approximate surface area is 92.4 Å². The van der Waals surface area contributed by atoms with Gasteiger partial charge in [0, 0.05) is 13.1 Å². The minimum absolute atomic E-state index is 0.0667. The lowest BCUT2D eigenvalue weighted by molar-refractivity contribution is -0.385. The van der Waals surface area contributed by atoms with Crippen molar-refractivity contribution in [1.82, 2.24) is 0 Å². The quantitative estimate of drug-likeness (QED) is 0.530. The Bertz CT molecular complexity index is 516. The Morgan fingerprint density at radius 3 is 2.94 bits per heavy atom. The number of anilines is 1.